The molecule has 5 nitrogen and oxygen atoms in total. The number of nitrogens with two attached hydrogens (primary N) is 1. The highest BCUT2D eigenvalue weighted by molar-refractivity contribution is 5.95. The third kappa shape index (κ3) is 2.84. The highest BCUT2D eigenvalue weighted by Crippen LogP contribution is 2.19. The monoisotopic (exact) mass is 324 g/mol. The number of amides is 1. The summed E-state index contributed by atoms with van der Waals surface area (Å²) in [5.41, 5.74) is 7.29. The molecule has 22 heavy (non-hydrogen) atoms. The first-order chi connectivity index (χ1) is 10.1. The van der Waals surface area contributed by atoms with E-state index in [1.54, 1.807) is 30.0 Å². The molecule has 118 valence electrons. The van der Waals surface area contributed by atoms with E-state index >= 15 is 0 Å². The second kappa shape index (κ2) is 6.46. The maximum Gasteiger partial charge on any atom is 0.257 e. The Hall–Kier alpha value is -1.92. The van der Waals surface area contributed by atoms with E-state index in [0.717, 1.165) is 6.42 Å². The number of hydrogen-bond acceptors (Lipinski definition) is 3. The summed E-state index contributed by atoms with van der Waals surface area (Å²) in [6.45, 7) is 2.98. The van der Waals surface area contributed by atoms with Crippen molar-refractivity contribution in [1.29, 1.82) is 0 Å². The second-order valence-corrected chi connectivity index (χ2v) is 5.31. The zero-order valence-corrected chi connectivity index (χ0v) is 13.0. The molecule has 0 bridgehead atoms. The molecule has 1 atom stereocenters. The largest absolute Gasteiger partial charge is 0.337 e. The molecule has 1 aliphatic heterocycles. The number of hydrogen-bond donors (Lipinski definition) is 1. The molecule has 3 rings (SSSR count). The Balaban J connectivity index is 0.00000176. The lowest BCUT2D eigenvalue weighted by Gasteiger charge is -2.15. The Morgan fingerprint density at radius 3 is 2.77 bits per heavy atom. The van der Waals surface area contributed by atoms with E-state index in [1.807, 2.05) is 0 Å². The van der Waals surface area contributed by atoms with Gasteiger partial charge in [0.2, 0.25) is 0 Å². The number of likely N-dealkylation sites (tertiary alicyclic amines) is 1. The molecule has 1 aliphatic rings. The molecule has 1 aromatic heterocycles. The fourth-order valence-corrected chi connectivity index (χ4v) is 2.63. The van der Waals surface area contributed by atoms with Gasteiger partial charge in [0.25, 0.3) is 5.91 Å². The van der Waals surface area contributed by atoms with Gasteiger partial charge in [0.1, 0.15) is 11.5 Å². The first-order valence-corrected chi connectivity index (χ1v) is 6.92. The van der Waals surface area contributed by atoms with Crippen LogP contribution in [0.1, 0.15) is 22.5 Å². The molecule has 0 spiro atoms. The lowest BCUT2D eigenvalue weighted by Crippen LogP contribution is -2.32. The maximum absolute atomic E-state index is 13.8. The summed E-state index contributed by atoms with van der Waals surface area (Å²) < 4.78 is 15.3. The van der Waals surface area contributed by atoms with Gasteiger partial charge in [-0.05, 0) is 25.5 Å². The van der Waals surface area contributed by atoms with Crippen molar-refractivity contribution in [1.82, 2.24) is 14.7 Å². The highest BCUT2D eigenvalue weighted by Gasteiger charge is 2.27. The van der Waals surface area contributed by atoms with E-state index in [0.29, 0.717) is 30.0 Å². The van der Waals surface area contributed by atoms with Gasteiger partial charge in [0.05, 0.1) is 17.5 Å². The van der Waals surface area contributed by atoms with Crippen LogP contribution < -0.4 is 5.73 Å². The summed E-state index contributed by atoms with van der Waals surface area (Å²) in [7, 11) is 0. The number of carbonyl (C=O) groups is 1. The second-order valence-electron chi connectivity index (χ2n) is 5.31. The number of rotatable bonds is 2. The van der Waals surface area contributed by atoms with Crippen LogP contribution in [0.5, 0.6) is 0 Å². The lowest BCUT2D eigenvalue weighted by atomic mass is 10.2. The van der Waals surface area contributed by atoms with Gasteiger partial charge in [-0.15, -0.1) is 12.4 Å². The maximum atomic E-state index is 13.8. The highest BCUT2D eigenvalue weighted by atomic mass is 35.5. The van der Waals surface area contributed by atoms with Gasteiger partial charge < -0.3 is 10.6 Å². The normalized spacial score (nSPS) is 17.4. The van der Waals surface area contributed by atoms with Gasteiger partial charge in [-0.25, -0.2) is 9.07 Å². The molecular formula is C15H18ClFN4O. The van der Waals surface area contributed by atoms with Crippen LogP contribution >= 0.6 is 12.4 Å². The summed E-state index contributed by atoms with van der Waals surface area (Å²) in [5.74, 6) is -0.464. The van der Waals surface area contributed by atoms with Crippen molar-refractivity contribution >= 4 is 18.3 Å². The average molecular weight is 325 g/mol. The zero-order chi connectivity index (χ0) is 15.0. The summed E-state index contributed by atoms with van der Waals surface area (Å²) in [6, 6.07) is 6.40. The fraction of sp³-hybridized carbons (Fsp3) is 0.333. The van der Waals surface area contributed by atoms with Crippen LogP contribution in [0.2, 0.25) is 0 Å². The summed E-state index contributed by atoms with van der Waals surface area (Å²) in [6.07, 6.45) is 2.31. The number of carbonyl (C=O) groups excluding carboxylic acids is 1. The van der Waals surface area contributed by atoms with E-state index in [-0.39, 0.29) is 30.2 Å². The molecule has 1 amide bonds. The van der Waals surface area contributed by atoms with Gasteiger partial charge in [0, 0.05) is 19.1 Å². The van der Waals surface area contributed by atoms with Crippen molar-refractivity contribution in [3.8, 4) is 5.69 Å². The summed E-state index contributed by atoms with van der Waals surface area (Å²) in [5, 5.41) is 4.16. The fourth-order valence-electron chi connectivity index (χ4n) is 2.63. The van der Waals surface area contributed by atoms with Crippen LogP contribution in [0.15, 0.2) is 30.5 Å². The Bertz CT molecular complexity index is 688. The first kappa shape index (κ1) is 16.5. The summed E-state index contributed by atoms with van der Waals surface area (Å²) in [4.78, 5) is 14.2. The molecule has 0 radical (unpaired) electrons. The van der Waals surface area contributed by atoms with Crippen molar-refractivity contribution in [2.75, 3.05) is 13.1 Å². The molecule has 7 heteroatoms. The molecular weight excluding hydrogens is 307 g/mol. The predicted molar refractivity (Wildman–Crippen MR) is 84.0 cm³/mol. The zero-order valence-electron chi connectivity index (χ0n) is 12.2. The molecule has 2 N–H and O–H groups in total. The minimum absolute atomic E-state index is 0. The van der Waals surface area contributed by atoms with Crippen molar-refractivity contribution in [2.24, 2.45) is 5.73 Å². The topological polar surface area (TPSA) is 64.2 Å². The third-order valence-corrected chi connectivity index (χ3v) is 3.83. The molecule has 2 heterocycles. The molecule has 0 aliphatic carbocycles. The minimum Gasteiger partial charge on any atom is -0.337 e. The Morgan fingerprint density at radius 1 is 1.41 bits per heavy atom. The smallest absolute Gasteiger partial charge is 0.257 e. The van der Waals surface area contributed by atoms with E-state index < -0.39 is 0 Å². The Morgan fingerprint density at radius 2 is 2.14 bits per heavy atom. The number of nitrogens with zero attached hydrogens (tertiary/aromatic N) is 3. The van der Waals surface area contributed by atoms with Crippen molar-refractivity contribution in [3.63, 3.8) is 0 Å². The predicted octanol–water partition coefficient (Wildman–Crippen LogP) is 1.91. The van der Waals surface area contributed by atoms with Gasteiger partial charge >= 0.3 is 0 Å². The average Bonchev–Trinajstić information content (AvgIpc) is 3.05. The molecule has 0 saturated carbocycles. The Kier molecular flexibility index (Phi) is 4.83. The SMILES string of the molecule is Cc1c(C(=O)N2CC[C@@H](N)C2)cnn1-c1ccccc1F.Cl. The van der Waals surface area contributed by atoms with E-state index in [2.05, 4.69) is 5.10 Å². The molecule has 1 fully saturated rings. The van der Waals surface area contributed by atoms with Crippen LogP contribution in [0, 0.1) is 12.7 Å². The summed E-state index contributed by atoms with van der Waals surface area (Å²) >= 11 is 0. The lowest BCUT2D eigenvalue weighted by molar-refractivity contribution is 0.0790. The van der Waals surface area contributed by atoms with E-state index in [9.17, 15) is 9.18 Å². The number of halogens is 2. The quantitative estimate of drug-likeness (QED) is 0.918. The van der Waals surface area contributed by atoms with Crippen LogP contribution in [0.25, 0.3) is 5.69 Å². The third-order valence-electron chi connectivity index (χ3n) is 3.83. The number of aromatic nitrogens is 2. The minimum atomic E-state index is -0.370. The number of para-hydroxylation sites is 1. The van der Waals surface area contributed by atoms with Crippen molar-refractivity contribution < 1.29 is 9.18 Å². The van der Waals surface area contributed by atoms with Crippen LogP contribution in [-0.2, 0) is 0 Å². The van der Waals surface area contributed by atoms with Gasteiger partial charge in [-0.1, -0.05) is 12.1 Å². The van der Waals surface area contributed by atoms with Crippen LogP contribution in [0.4, 0.5) is 4.39 Å². The standard InChI is InChI=1S/C15H17FN4O.ClH/c1-10-12(15(21)19-7-6-11(17)9-19)8-18-20(10)14-5-3-2-4-13(14)16;/h2-5,8,11H,6-7,9,17H2,1H3;1H/t11-;/m1./s1. The van der Waals surface area contributed by atoms with Crippen molar-refractivity contribution in [3.05, 3.63) is 47.5 Å². The molecule has 1 saturated heterocycles. The van der Waals surface area contributed by atoms with Crippen LogP contribution in [-0.4, -0.2) is 39.7 Å². The van der Waals surface area contributed by atoms with Crippen molar-refractivity contribution in [2.45, 2.75) is 19.4 Å². The van der Waals surface area contributed by atoms with Gasteiger partial charge in [0.15, 0.2) is 0 Å². The van der Waals surface area contributed by atoms with E-state index in [4.69, 9.17) is 5.73 Å². The molecule has 0 unspecified atom stereocenters. The van der Waals surface area contributed by atoms with Gasteiger partial charge in [-0.3, -0.25) is 4.79 Å². The molecule has 2 aromatic rings. The molecule has 1 aromatic carbocycles. The number of benzene rings is 1. The Labute approximate surface area is 134 Å². The van der Waals surface area contributed by atoms with Gasteiger partial charge in [-0.2, -0.15) is 5.10 Å². The van der Waals surface area contributed by atoms with E-state index in [1.165, 1.54) is 16.9 Å². The van der Waals surface area contributed by atoms with Crippen LogP contribution in [0.3, 0.4) is 0 Å². The first-order valence-electron chi connectivity index (χ1n) is 6.92.